The minimum absolute atomic E-state index is 0.319. The molecule has 0 saturated carbocycles. The molecule has 0 bridgehead atoms. The van der Waals surface area contributed by atoms with Gasteiger partial charge in [-0.1, -0.05) is 42.5 Å². The summed E-state index contributed by atoms with van der Waals surface area (Å²) in [5.41, 5.74) is 1.64. The third kappa shape index (κ3) is 6.05. The number of hydrogen-bond donors (Lipinski definition) is 0. The van der Waals surface area contributed by atoms with E-state index in [1.54, 1.807) is 13.0 Å². The summed E-state index contributed by atoms with van der Waals surface area (Å²) in [4.78, 5) is 14.1. The average molecular weight is 408 g/mol. The van der Waals surface area contributed by atoms with Crippen LogP contribution in [0.5, 0.6) is 5.75 Å². The summed E-state index contributed by atoms with van der Waals surface area (Å²) in [6, 6.07) is 21.4. The van der Waals surface area contributed by atoms with Crippen molar-refractivity contribution in [1.29, 1.82) is 0 Å². The second-order valence-corrected chi connectivity index (χ2v) is 7.35. The van der Waals surface area contributed by atoms with Gasteiger partial charge >= 0.3 is 5.97 Å². The standard InChI is InChI=1S/C25H29NO4/c1-4-28-25(27)21-13-14-22-20(17-21)11-8-12-23(22)30-24(15-16-26(2)3)29-18-19-9-6-5-7-10-19/h5-14,17,24H,4,15-16,18H2,1-3H3. The fraction of sp³-hybridized carbons (Fsp3) is 0.320. The highest BCUT2D eigenvalue weighted by molar-refractivity contribution is 5.97. The van der Waals surface area contributed by atoms with Crippen molar-refractivity contribution in [3.63, 3.8) is 0 Å². The van der Waals surface area contributed by atoms with Crippen LogP contribution in [-0.2, 0) is 16.1 Å². The van der Waals surface area contributed by atoms with Gasteiger partial charge in [-0.25, -0.2) is 4.79 Å². The van der Waals surface area contributed by atoms with Gasteiger partial charge in [0.1, 0.15) is 5.75 Å². The highest BCUT2D eigenvalue weighted by Crippen LogP contribution is 2.28. The van der Waals surface area contributed by atoms with Gasteiger partial charge in [0, 0.05) is 18.4 Å². The van der Waals surface area contributed by atoms with E-state index in [4.69, 9.17) is 14.2 Å². The van der Waals surface area contributed by atoms with Crippen LogP contribution in [0.4, 0.5) is 0 Å². The largest absolute Gasteiger partial charge is 0.464 e. The Morgan fingerprint density at radius 3 is 2.53 bits per heavy atom. The molecule has 0 radical (unpaired) electrons. The molecule has 0 N–H and O–H groups in total. The average Bonchev–Trinajstić information content (AvgIpc) is 2.76. The van der Waals surface area contributed by atoms with Gasteiger partial charge in [0.15, 0.2) is 0 Å². The predicted octanol–water partition coefficient (Wildman–Crippen LogP) is 4.89. The Morgan fingerprint density at radius 2 is 1.80 bits per heavy atom. The molecule has 5 nitrogen and oxygen atoms in total. The van der Waals surface area contributed by atoms with Crippen molar-refractivity contribution in [2.75, 3.05) is 27.2 Å². The van der Waals surface area contributed by atoms with E-state index in [9.17, 15) is 4.79 Å². The van der Waals surface area contributed by atoms with Crippen molar-refractivity contribution in [2.24, 2.45) is 0 Å². The van der Waals surface area contributed by atoms with Crippen LogP contribution in [0.3, 0.4) is 0 Å². The monoisotopic (exact) mass is 407 g/mol. The Hall–Kier alpha value is -2.89. The van der Waals surface area contributed by atoms with E-state index < -0.39 is 0 Å². The number of esters is 1. The molecule has 5 heteroatoms. The lowest BCUT2D eigenvalue weighted by Crippen LogP contribution is -2.26. The Morgan fingerprint density at radius 1 is 1.00 bits per heavy atom. The number of fused-ring (bicyclic) bond motifs is 1. The highest BCUT2D eigenvalue weighted by atomic mass is 16.7. The van der Waals surface area contributed by atoms with Crippen molar-refractivity contribution < 1.29 is 19.0 Å². The third-order valence-corrected chi connectivity index (χ3v) is 4.70. The van der Waals surface area contributed by atoms with Crippen molar-refractivity contribution in [3.8, 4) is 5.75 Å². The van der Waals surface area contributed by atoms with E-state index in [1.807, 2.05) is 74.8 Å². The van der Waals surface area contributed by atoms with Crippen molar-refractivity contribution in [3.05, 3.63) is 77.9 Å². The van der Waals surface area contributed by atoms with Gasteiger partial charge in [0.25, 0.3) is 0 Å². The summed E-state index contributed by atoms with van der Waals surface area (Å²) in [6.45, 7) is 3.48. The summed E-state index contributed by atoms with van der Waals surface area (Å²) < 4.78 is 17.5. The molecule has 30 heavy (non-hydrogen) atoms. The van der Waals surface area contributed by atoms with Gasteiger partial charge < -0.3 is 19.1 Å². The van der Waals surface area contributed by atoms with Crippen LogP contribution in [0, 0.1) is 0 Å². The molecule has 0 aliphatic carbocycles. The van der Waals surface area contributed by atoms with E-state index in [-0.39, 0.29) is 12.3 Å². The first kappa shape index (κ1) is 21.8. The lowest BCUT2D eigenvalue weighted by Gasteiger charge is -2.22. The second-order valence-electron chi connectivity index (χ2n) is 7.35. The van der Waals surface area contributed by atoms with E-state index in [0.717, 1.165) is 35.1 Å². The van der Waals surface area contributed by atoms with Gasteiger partial charge in [-0.3, -0.25) is 0 Å². The van der Waals surface area contributed by atoms with E-state index in [1.165, 1.54) is 0 Å². The Labute approximate surface area is 178 Å². The SMILES string of the molecule is CCOC(=O)c1ccc2c(OC(CCN(C)C)OCc3ccccc3)cccc2c1. The number of carbonyl (C=O) groups excluding carboxylic acids is 1. The summed E-state index contributed by atoms with van der Waals surface area (Å²) in [6.07, 6.45) is 0.347. The fourth-order valence-electron chi connectivity index (χ4n) is 3.14. The van der Waals surface area contributed by atoms with E-state index >= 15 is 0 Å². The molecule has 0 fully saturated rings. The zero-order valence-corrected chi connectivity index (χ0v) is 17.8. The maximum Gasteiger partial charge on any atom is 0.338 e. The number of hydrogen-bond acceptors (Lipinski definition) is 5. The lowest BCUT2D eigenvalue weighted by atomic mass is 10.1. The zero-order chi connectivity index (χ0) is 21.3. The Bertz CT molecular complexity index is 956. The molecular formula is C25H29NO4. The third-order valence-electron chi connectivity index (χ3n) is 4.70. The van der Waals surface area contributed by atoms with E-state index in [0.29, 0.717) is 18.8 Å². The predicted molar refractivity (Wildman–Crippen MR) is 119 cm³/mol. The topological polar surface area (TPSA) is 48.0 Å². The van der Waals surface area contributed by atoms with Gasteiger partial charge in [0.05, 0.1) is 18.8 Å². The molecular weight excluding hydrogens is 378 g/mol. The molecule has 158 valence electrons. The zero-order valence-electron chi connectivity index (χ0n) is 17.8. The molecule has 3 rings (SSSR count). The Kier molecular flexibility index (Phi) is 7.82. The van der Waals surface area contributed by atoms with Crippen molar-refractivity contribution in [1.82, 2.24) is 4.90 Å². The first-order valence-electron chi connectivity index (χ1n) is 10.2. The Balaban J connectivity index is 1.78. The molecule has 0 aliphatic heterocycles. The van der Waals surface area contributed by atoms with Gasteiger partial charge in [-0.15, -0.1) is 0 Å². The lowest BCUT2D eigenvalue weighted by molar-refractivity contribution is -0.0947. The summed E-state index contributed by atoms with van der Waals surface area (Å²) in [5, 5.41) is 1.86. The maximum atomic E-state index is 12.0. The first-order chi connectivity index (χ1) is 14.6. The van der Waals surface area contributed by atoms with Gasteiger partial charge in [-0.05, 0) is 56.2 Å². The summed E-state index contributed by atoms with van der Waals surface area (Å²) >= 11 is 0. The number of ether oxygens (including phenoxy) is 3. The van der Waals surface area contributed by atoms with Crippen molar-refractivity contribution in [2.45, 2.75) is 26.2 Å². The van der Waals surface area contributed by atoms with Crippen LogP contribution in [0.25, 0.3) is 10.8 Å². The molecule has 0 aliphatic rings. The first-order valence-corrected chi connectivity index (χ1v) is 10.2. The van der Waals surface area contributed by atoms with Gasteiger partial charge in [-0.2, -0.15) is 0 Å². The smallest absolute Gasteiger partial charge is 0.338 e. The number of benzene rings is 3. The molecule has 0 aromatic heterocycles. The molecule has 0 heterocycles. The van der Waals surface area contributed by atoms with Gasteiger partial charge in [0.2, 0.25) is 6.29 Å². The van der Waals surface area contributed by atoms with Crippen LogP contribution < -0.4 is 4.74 Å². The second kappa shape index (κ2) is 10.8. The molecule has 3 aromatic carbocycles. The highest BCUT2D eigenvalue weighted by Gasteiger charge is 2.15. The van der Waals surface area contributed by atoms with Crippen LogP contribution in [-0.4, -0.2) is 44.4 Å². The van der Waals surface area contributed by atoms with Crippen molar-refractivity contribution >= 4 is 16.7 Å². The molecule has 1 atom stereocenters. The van der Waals surface area contributed by atoms with Crippen LogP contribution in [0.15, 0.2) is 66.7 Å². The van der Waals surface area contributed by atoms with Crippen LogP contribution in [0.1, 0.15) is 29.3 Å². The number of nitrogens with zero attached hydrogens (tertiary/aromatic N) is 1. The summed E-state index contributed by atoms with van der Waals surface area (Å²) in [7, 11) is 4.06. The number of carbonyl (C=O) groups is 1. The molecule has 1 unspecified atom stereocenters. The van der Waals surface area contributed by atoms with Crippen LogP contribution in [0.2, 0.25) is 0 Å². The fourth-order valence-corrected chi connectivity index (χ4v) is 3.14. The minimum atomic E-state index is -0.386. The molecule has 0 saturated heterocycles. The van der Waals surface area contributed by atoms with Crippen LogP contribution >= 0.6 is 0 Å². The molecule has 0 amide bonds. The summed E-state index contributed by atoms with van der Waals surface area (Å²) in [5.74, 6) is 0.417. The molecule has 0 spiro atoms. The van der Waals surface area contributed by atoms with E-state index in [2.05, 4.69) is 4.90 Å². The quantitative estimate of drug-likeness (QED) is 0.354. The molecule has 3 aromatic rings. The number of rotatable bonds is 10. The normalized spacial score (nSPS) is 12.1. The minimum Gasteiger partial charge on any atom is -0.464 e. The maximum absolute atomic E-state index is 12.0.